The second-order valence-electron chi connectivity index (χ2n) is 6.11. The van der Waals surface area contributed by atoms with Gasteiger partial charge >= 0.3 is 6.09 Å². The van der Waals surface area contributed by atoms with Crippen LogP contribution < -0.4 is 5.73 Å². The molecule has 5 nitrogen and oxygen atoms in total. The molecule has 2 unspecified atom stereocenters. The molecule has 1 rings (SSSR count). The van der Waals surface area contributed by atoms with Crippen LogP contribution in [0.15, 0.2) is 0 Å². The van der Waals surface area contributed by atoms with E-state index in [1.54, 1.807) is 4.90 Å². The first-order chi connectivity index (χ1) is 7.68. The number of nitrogens with two attached hydrogens (primary N) is 1. The Kier molecular flexibility index (Phi) is 4.04. The van der Waals surface area contributed by atoms with Crippen molar-refractivity contribution < 1.29 is 14.6 Å². The highest BCUT2D eigenvalue weighted by atomic mass is 16.6. The Bertz CT molecular complexity index is 288. The maximum absolute atomic E-state index is 11.9. The van der Waals surface area contributed by atoms with Gasteiger partial charge in [0.25, 0.3) is 0 Å². The Balaban J connectivity index is 2.66. The van der Waals surface area contributed by atoms with Gasteiger partial charge in [0.1, 0.15) is 5.60 Å². The predicted octanol–water partition coefficient (Wildman–Crippen LogP) is 0.953. The average molecular weight is 244 g/mol. The van der Waals surface area contributed by atoms with Crippen LogP contribution in [0.25, 0.3) is 0 Å². The molecule has 0 aliphatic carbocycles. The maximum atomic E-state index is 11.9. The zero-order valence-electron chi connectivity index (χ0n) is 11.2. The molecule has 1 heterocycles. The van der Waals surface area contributed by atoms with Gasteiger partial charge in [0.15, 0.2) is 0 Å². The minimum absolute atomic E-state index is 0.0204. The lowest BCUT2D eigenvalue weighted by molar-refractivity contribution is -0.00990. The van der Waals surface area contributed by atoms with Crippen molar-refractivity contribution in [3.05, 3.63) is 0 Å². The largest absolute Gasteiger partial charge is 0.444 e. The molecule has 2 atom stereocenters. The summed E-state index contributed by atoms with van der Waals surface area (Å²) in [5.41, 5.74) is 5.05. The third-order valence-electron chi connectivity index (χ3n) is 3.17. The van der Waals surface area contributed by atoms with Crippen molar-refractivity contribution in [3.63, 3.8) is 0 Å². The molecule has 1 amide bonds. The summed E-state index contributed by atoms with van der Waals surface area (Å²) < 4.78 is 5.31. The highest BCUT2D eigenvalue weighted by molar-refractivity contribution is 5.68. The van der Waals surface area contributed by atoms with Gasteiger partial charge in [0.2, 0.25) is 0 Å². The van der Waals surface area contributed by atoms with E-state index in [4.69, 9.17) is 10.5 Å². The van der Waals surface area contributed by atoms with Gasteiger partial charge in [-0.05, 0) is 27.2 Å². The molecule has 0 aromatic carbocycles. The van der Waals surface area contributed by atoms with E-state index in [1.807, 2.05) is 27.7 Å². The van der Waals surface area contributed by atoms with E-state index >= 15 is 0 Å². The third-order valence-corrected chi connectivity index (χ3v) is 3.17. The van der Waals surface area contributed by atoms with Gasteiger partial charge < -0.3 is 20.5 Å². The summed E-state index contributed by atoms with van der Waals surface area (Å²) in [6, 6.07) is -0.0776. The molecule has 0 spiro atoms. The molecule has 17 heavy (non-hydrogen) atoms. The Labute approximate surface area is 103 Å². The lowest BCUT2D eigenvalue weighted by Gasteiger charge is -2.43. The number of amides is 1. The Morgan fingerprint density at radius 1 is 1.59 bits per heavy atom. The van der Waals surface area contributed by atoms with E-state index in [2.05, 4.69) is 0 Å². The predicted molar refractivity (Wildman–Crippen MR) is 65.6 cm³/mol. The second-order valence-corrected chi connectivity index (χ2v) is 6.11. The Hall–Kier alpha value is -0.810. The van der Waals surface area contributed by atoms with Gasteiger partial charge in [-0.1, -0.05) is 6.92 Å². The van der Waals surface area contributed by atoms with Gasteiger partial charge in [-0.2, -0.15) is 0 Å². The summed E-state index contributed by atoms with van der Waals surface area (Å²) in [7, 11) is 0. The number of aliphatic hydroxyl groups excluding tert-OH is 1. The molecule has 3 N–H and O–H groups in total. The molecule has 0 aromatic heterocycles. The molecule has 0 radical (unpaired) electrons. The number of rotatable bonds is 1. The molecule has 0 aromatic rings. The first-order valence-electron chi connectivity index (χ1n) is 6.02. The van der Waals surface area contributed by atoms with Crippen LogP contribution in [0.4, 0.5) is 4.79 Å². The quantitative estimate of drug-likeness (QED) is 0.720. The number of likely N-dealkylation sites (tertiary alicyclic amines) is 1. The topological polar surface area (TPSA) is 75.8 Å². The maximum Gasteiger partial charge on any atom is 0.410 e. The molecular formula is C12H24N2O3. The van der Waals surface area contributed by atoms with Gasteiger partial charge in [-0.3, -0.25) is 0 Å². The zero-order chi connectivity index (χ0) is 13.3. The summed E-state index contributed by atoms with van der Waals surface area (Å²) >= 11 is 0. The highest BCUT2D eigenvalue weighted by Crippen LogP contribution is 2.28. The minimum atomic E-state index is -0.494. The zero-order valence-corrected chi connectivity index (χ0v) is 11.2. The number of carbonyl (C=O) groups excluding carboxylic acids is 1. The van der Waals surface area contributed by atoms with E-state index in [0.717, 1.165) is 0 Å². The highest BCUT2D eigenvalue weighted by Gasteiger charge is 2.39. The van der Waals surface area contributed by atoms with Crippen LogP contribution in [0.1, 0.15) is 34.1 Å². The van der Waals surface area contributed by atoms with Crippen LogP contribution in [0.5, 0.6) is 0 Å². The molecular weight excluding hydrogens is 220 g/mol. The number of ether oxygens (including phenoxy) is 1. The number of hydrogen-bond donors (Lipinski definition) is 2. The van der Waals surface area contributed by atoms with Crippen LogP contribution >= 0.6 is 0 Å². The summed E-state index contributed by atoms with van der Waals surface area (Å²) in [5.74, 6) is 0. The van der Waals surface area contributed by atoms with Crippen molar-refractivity contribution in [2.75, 3.05) is 19.7 Å². The molecule has 1 saturated heterocycles. The van der Waals surface area contributed by atoms with E-state index in [0.29, 0.717) is 19.5 Å². The fourth-order valence-electron chi connectivity index (χ4n) is 1.93. The Morgan fingerprint density at radius 3 is 2.65 bits per heavy atom. The SMILES string of the molecule is CC(C)(C)OC(=O)N1CCC(N)C(C)(CO)C1. The van der Waals surface area contributed by atoms with Crippen molar-refractivity contribution in [2.24, 2.45) is 11.1 Å². The van der Waals surface area contributed by atoms with Crippen molar-refractivity contribution in [1.29, 1.82) is 0 Å². The average Bonchev–Trinajstić information content (AvgIpc) is 2.19. The Morgan fingerprint density at radius 2 is 2.18 bits per heavy atom. The van der Waals surface area contributed by atoms with E-state index in [-0.39, 0.29) is 18.7 Å². The molecule has 1 aliphatic heterocycles. The van der Waals surface area contributed by atoms with Crippen molar-refractivity contribution in [1.82, 2.24) is 4.90 Å². The van der Waals surface area contributed by atoms with E-state index < -0.39 is 11.0 Å². The minimum Gasteiger partial charge on any atom is -0.444 e. The molecule has 1 fully saturated rings. The molecule has 1 aliphatic rings. The van der Waals surface area contributed by atoms with Crippen LogP contribution in [-0.4, -0.2) is 47.4 Å². The fraction of sp³-hybridized carbons (Fsp3) is 0.917. The summed E-state index contributed by atoms with van der Waals surface area (Å²) in [4.78, 5) is 13.5. The molecule has 5 heteroatoms. The molecule has 0 bridgehead atoms. The van der Waals surface area contributed by atoms with Gasteiger partial charge in [-0.15, -0.1) is 0 Å². The lowest BCUT2D eigenvalue weighted by Crippen LogP contribution is -2.57. The first-order valence-corrected chi connectivity index (χ1v) is 6.02. The molecule has 100 valence electrons. The third kappa shape index (κ3) is 3.57. The van der Waals surface area contributed by atoms with Crippen molar-refractivity contribution in [2.45, 2.75) is 45.8 Å². The van der Waals surface area contributed by atoms with Gasteiger partial charge in [0.05, 0.1) is 6.61 Å². The van der Waals surface area contributed by atoms with Crippen LogP contribution in [0.2, 0.25) is 0 Å². The number of hydrogen-bond acceptors (Lipinski definition) is 4. The van der Waals surface area contributed by atoms with Crippen molar-refractivity contribution in [3.8, 4) is 0 Å². The van der Waals surface area contributed by atoms with E-state index in [9.17, 15) is 9.90 Å². The fourth-order valence-corrected chi connectivity index (χ4v) is 1.93. The van der Waals surface area contributed by atoms with Gasteiger partial charge in [-0.25, -0.2) is 4.79 Å². The summed E-state index contributed by atoms with van der Waals surface area (Å²) in [6.45, 7) is 8.43. The smallest absolute Gasteiger partial charge is 0.410 e. The summed E-state index contributed by atoms with van der Waals surface area (Å²) in [5, 5.41) is 9.39. The van der Waals surface area contributed by atoms with E-state index in [1.165, 1.54) is 0 Å². The summed E-state index contributed by atoms with van der Waals surface area (Å²) in [6.07, 6.45) is 0.361. The van der Waals surface area contributed by atoms with Crippen LogP contribution in [-0.2, 0) is 4.74 Å². The van der Waals surface area contributed by atoms with Crippen LogP contribution in [0, 0.1) is 5.41 Å². The number of aliphatic hydroxyl groups is 1. The van der Waals surface area contributed by atoms with Crippen molar-refractivity contribution >= 4 is 6.09 Å². The normalized spacial score (nSPS) is 30.2. The number of nitrogens with zero attached hydrogens (tertiary/aromatic N) is 1. The second kappa shape index (κ2) is 4.82. The molecule has 0 saturated carbocycles. The monoisotopic (exact) mass is 244 g/mol. The standard InChI is InChI=1S/C12H24N2O3/c1-11(2,3)17-10(16)14-6-5-9(13)12(4,7-14)8-15/h9,15H,5-8,13H2,1-4H3. The first kappa shape index (κ1) is 14.3. The lowest BCUT2D eigenvalue weighted by atomic mass is 9.78. The number of carbonyl (C=O) groups is 1. The van der Waals surface area contributed by atoms with Crippen LogP contribution in [0.3, 0.4) is 0 Å². The number of piperidine rings is 1. The van der Waals surface area contributed by atoms with Gasteiger partial charge in [0, 0.05) is 24.5 Å².